The van der Waals surface area contributed by atoms with Crippen LogP contribution in [0.25, 0.3) is 10.2 Å². The summed E-state index contributed by atoms with van der Waals surface area (Å²) in [5.74, 6) is 0.257. The summed E-state index contributed by atoms with van der Waals surface area (Å²) in [7, 11) is -3.65. The quantitative estimate of drug-likeness (QED) is 0.376. The molecule has 0 aliphatic carbocycles. The Balaban J connectivity index is 1.46. The lowest BCUT2D eigenvalue weighted by Gasteiger charge is -2.26. The Morgan fingerprint density at radius 3 is 2.53 bits per heavy atom. The molecular formula is C23H20ClN3O5S2. The van der Waals surface area contributed by atoms with E-state index in [9.17, 15) is 13.2 Å². The van der Waals surface area contributed by atoms with Crippen LogP contribution in [0.5, 0.6) is 0 Å². The van der Waals surface area contributed by atoms with Gasteiger partial charge in [0.25, 0.3) is 5.91 Å². The van der Waals surface area contributed by atoms with Gasteiger partial charge < -0.3 is 9.15 Å². The lowest BCUT2D eigenvalue weighted by Crippen LogP contribution is -2.40. The number of thiazole rings is 1. The number of carbonyl (C=O) groups is 1. The first-order chi connectivity index (χ1) is 16.4. The Morgan fingerprint density at radius 2 is 1.85 bits per heavy atom. The average molecular weight is 518 g/mol. The van der Waals surface area contributed by atoms with Gasteiger partial charge in [-0.05, 0) is 48.5 Å². The average Bonchev–Trinajstić information content (AvgIpc) is 3.53. The summed E-state index contributed by atoms with van der Waals surface area (Å²) in [4.78, 5) is 19.8. The summed E-state index contributed by atoms with van der Waals surface area (Å²) >= 11 is 7.64. The van der Waals surface area contributed by atoms with Gasteiger partial charge in [0.1, 0.15) is 11.3 Å². The van der Waals surface area contributed by atoms with Crippen molar-refractivity contribution in [3.8, 4) is 0 Å². The topological polar surface area (TPSA) is 93.0 Å². The maximum absolute atomic E-state index is 13.5. The Labute approximate surface area is 205 Å². The van der Waals surface area contributed by atoms with E-state index < -0.39 is 10.0 Å². The van der Waals surface area contributed by atoms with Crippen molar-refractivity contribution in [2.75, 3.05) is 31.2 Å². The zero-order valence-electron chi connectivity index (χ0n) is 17.9. The molecule has 176 valence electrons. The third-order valence-corrected chi connectivity index (χ3v) is 8.70. The minimum Gasteiger partial charge on any atom is -0.467 e. The van der Waals surface area contributed by atoms with Crippen LogP contribution in [-0.4, -0.2) is 49.9 Å². The highest BCUT2D eigenvalue weighted by Gasteiger charge is 2.28. The van der Waals surface area contributed by atoms with Crippen molar-refractivity contribution < 1.29 is 22.4 Å². The first-order valence-corrected chi connectivity index (χ1v) is 13.1. The van der Waals surface area contributed by atoms with Crippen LogP contribution in [0, 0.1) is 0 Å². The molecule has 34 heavy (non-hydrogen) atoms. The van der Waals surface area contributed by atoms with Crippen LogP contribution in [0.2, 0.25) is 5.02 Å². The maximum Gasteiger partial charge on any atom is 0.260 e. The Hall–Kier alpha value is -2.76. The van der Waals surface area contributed by atoms with Crippen molar-refractivity contribution in [1.82, 2.24) is 9.29 Å². The highest BCUT2D eigenvalue weighted by Crippen LogP contribution is 2.34. The van der Waals surface area contributed by atoms with Crippen LogP contribution in [-0.2, 0) is 21.3 Å². The summed E-state index contributed by atoms with van der Waals surface area (Å²) in [5.41, 5.74) is 0.950. The zero-order chi connectivity index (χ0) is 23.7. The van der Waals surface area contributed by atoms with Crippen molar-refractivity contribution >= 4 is 54.2 Å². The van der Waals surface area contributed by atoms with E-state index in [0.717, 1.165) is 4.70 Å². The summed E-state index contributed by atoms with van der Waals surface area (Å²) in [6.45, 7) is 1.50. The third-order valence-electron chi connectivity index (χ3n) is 5.44. The van der Waals surface area contributed by atoms with Crippen LogP contribution in [0.1, 0.15) is 16.1 Å². The SMILES string of the molecule is O=C(c1ccc(S(=O)(=O)N2CCOCC2)cc1)N(Cc1ccco1)c1nc2c(Cl)cccc2s1. The van der Waals surface area contributed by atoms with Gasteiger partial charge in [0.15, 0.2) is 5.13 Å². The number of carbonyl (C=O) groups excluding carboxylic acids is 1. The Morgan fingerprint density at radius 1 is 1.09 bits per heavy atom. The molecule has 0 N–H and O–H groups in total. The van der Waals surface area contributed by atoms with Crippen molar-refractivity contribution in [3.63, 3.8) is 0 Å². The molecule has 0 bridgehead atoms. The number of hydrogen-bond donors (Lipinski definition) is 0. The minimum atomic E-state index is -3.65. The van der Waals surface area contributed by atoms with Gasteiger partial charge >= 0.3 is 0 Å². The second kappa shape index (κ2) is 9.47. The predicted octanol–water partition coefficient (Wildman–Crippen LogP) is 4.41. The molecule has 1 saturated heterocycles. The maximum atomic E-state index is 13.5. The number of hydrogen-bond acceptors (Lipinski definition) is 7. The fraction of sp³-hybridized carbons (Fsp3) is 0.217. The first kappa shape index (κ1) is 23.0. The van der Waals surface area contributed by atoms with Gasteiger partial charge in [-0.25, -0.2) is 13.4 Å². The van der Waals surface area contributed by atoms with E-state index in [1.165, 1.54) is 44.8 Å². The van der Waals surface area contributed by atoms with Gasteiger partial charge in [-0.3, -0.25) is 9.69 Å². The van der Waals surface area contributed by atoms with Crippen molar-refractivity contribution in [1.29, 1.82) is 0 Å². The van der Waals surface area contributed by atoms with Crippen LogP contribution < -0.4 is 4.90 Å². The van der Waals surface area contributed by atoms with Gasteiger partial charge in [-0.1, -0.05) is 29.0 Å². The Bertz CT molecular complexity index is 1410. The number of morpholine rings is 1. The fourth-order valence-corrected chi connectivity index (χ4v) is 6.34. The fourth-order valence-electron chi connectivity index (χ4n) is 3.66. The van der Waals surface area contributed by atoms with Crippen LogP contribution in [0.15, 0.2) is 70.2 Å². The second-order valence-electron chi connectivity index (χ2n) is 7.59. The monoisotopic (exact) mass is 517 g/mol. The molecule has 11 heteroatoms. The first-order valence-electron chi connectivity index (χ1n) is 10.5. The highest BCUT2D eigenvalue weighted by atomic mass is 35.5. The molecule has 8 nitrogen and oxygen atoms in total. The molecule has 0 saturated carbocycles. The minimum absolute atomic E-state index is 0.135. The number of benzene rings is 2. The molecule has 2 aromatic carbocycles. The van der Waals surface area contributed by atoms with Gasteiger partial charge in [0.2, 0.25) is 10.0 Å². The van der Waals surface area contributed by atoms with E-state index in [1.54, 1.807) is 24.5 Å². The highest BCUT2D eigenvalue weighted by molar-refractivity contribution is 7.89. The van der Waals surface area contributed by atoms with E-state index in [1.807, 2.05) is 12.1 Å². The number of sulfonamides is 1. The Kier molecular flexibility index (Phi) is 6.41. The molecule has 1 aliphatic rings. The lowest BCUT2D eigenvalue weighted by atomic mass is 10.2. The summed E-state index contributed by atoms with van der Waals surface area (Å²) in [5, 5.41) is 0.970. The van der Waals surface area contributed by atoms with E-state index in [-0.39, 0.29) is 17.3 Å². The molecule has 5 rings (SSSR count). The van der Waals surface area contributed by atoms with Crippen LogP contribution in [0.3, 0.4) is 0 Å². The van der Waals surface area contributed by atoms with E-state index in [2.05, 4.69) is 4.98 Å². The van der Waals surface area contributed by atoms with Gasteiger partial charge in [-0.2, -0.15) is 4.31 Å². The van der Waals surface area contributed by atoms with Gasteiger partial charge in [0, 0.05) is 18.7 Å². The number of rotatable bonds is 6. The number of anilines is 1. The smallest absolute Gasteiger partial charge is 0.260 e. The van der Waals surface area contributed by atoms with E-state index >= 15 is 0 Å². The number of amides is 1. The van der Waals surface area contributed by atoms with Crippen LogP contribution in [0.4, 0.5) is 5.13 Å². The molecule has 0 atom stereocenters. The molecule has 1 aliphatic heterocycles. The largest absolute Gasteiger partial charge is 0.467 e. The number of nitrogens with zero attached hydrogens (tertiary/aromatic N) is 3. The molecule has 0 radical (unpaired) electrons. The number of fused-ring (bicyclic) bond motifs is 1. The second-order valence-corrected chi connectivity index (χ2v) is 10.9. The van der Waals surface area contributed by atoms with E-state index in [4.69, 9.17) is 20.8 Å². The zero-order valence-corrected chi connectivity index (χ0v) is 20.3. The van der Waals surface area contributed by atoms with Gasteiger partial charge in [-0.15, -0.1) is 0 Å². The molecule has 0 spiro atoms. The van der Waals surface area contributed by atoms with Crippen molar-refractivity contribution in [2.24, 2.45) is 0 Å². The van der Waals surface area contributed by atoms with E-state index in [0.29, 0.717) is 53.3 Å². The molecule has 1 fully saturated rings. The normalized spacial score (nSPS) is 15.0. The van der Waals surface area contributed by atoms with Gasteiger partial charge in [0.05, 0.1) is 40.6 Å². The standard InChI is InChI=1S/C23H20ClN3O5S2/c24-19-4-1-5-20-21(19)25-23(33-20)27(15-17-3-2-12-32-17)22(28)16-6-8-18(9-7-16)34(29,30)26-10-13-31-14-11-26/h1-9,12H,10-11,13-15H2. The lowest BCUT2D eigenvalue weighted by molar-refractivity contribution is 0.0730. The summed E-state index contributed by atoms with van der Waals surface area (Å²) in [6.07, 6.45) is 1.54. The third kappa shape index (κ3) is 4.47. The number of aromatic nitrogens is 1. The van der Waals surface area contributed by atoms with Crippen molar-refractivity contribution in [3.05, 3.63) is 77.2 Å². The molecular weight excluding hydrogens is 498 g/mol. The van der Waals surface area contributed by atoms with Crippen molar-refractivity contribution in [2.45, 2.75) is 11.4 Å². The molecule has 1 amide bonds. The molecule has 3 heterocycles. The molecule has 2 aromatic heterocycles. The molecule has 4 aromatic rings. The number of ether oxygens (including phenoxy) is 1. The molecule has 0 unspecified atom stereocenters. The summed E-state index contributed by atoms with van der Waals surface area (Å²) < 4.78 is 38.8. The summed E-state index contributed by atoms with van der Waals surface area (Å²) in [6, 6.07) is 15.0. The number of halogens is 1. The number of furan rings is 1. The predicted molar refractivity (Wildman–Crippen MR) is 130 cm³/mol. The van der Waals surface area contributed by atoms with Crippen LogP contribution >= 0.6 is 22.9 Å². The number of para-hydroxylation sites is 1.